The van der Waals surface area contributed by atoms with Crippen LogP contribution in [0.2, 0.25) is 0 Å². The van der Waals surface area contributed by atoms with E-state index in [1.165, 1.54) is 32.1 Å². The van der Waals surface area contributed by atoms with Crippen LogP contribution in [0.5, 0.6) is 5.75 Å². The van der Waals surface area contributed by atoms with E-state index in [1.54, 1.807) is 0 Å². The van der Waals surface area contributed by atoms with E-state index in [0.29, 0.717) is 11.5 Å². The highest BCUT2D eigenvalue weighted by Gasteiger charge is 2.15. The van der Waals surface area contributed by atoms with Crippen molar-refractivity contribution in [3.63, 3.8) is 0 Å². The molecule has 0 heterocycles. The van der Waals surface area contributed by atoms with E-state index in [-0.39, 0.29) is 0 Å². The maximum absolute atomic E-state index is 11.0. The Labute approximate surface area is 103 Å². The molecule has 1 fully saturated rings. The predicted octanol–water partition coefficient (Wildman–Crippen LogP) is 3.77. The lowest BCUT2D eigenvalue weighted by Crippen LogP contribution is -2.16. The quantitative estimate of drug-likeness (QED) is 0.739. The fourth-order valence-corrected chi connectivity index (χ4v) is 2.52. The van der Waals surface area contributed by atoms with E-state index in [9.17, 15) is 4.79 Å². The first-order valence-electron chi connectivity index (χ1n) is 6.49. The molecule has 0 aliphatic heterocycles. The number of benzene rings is 1. The molecule has 0 N–H and O–H groups in total. The van der Waals surface area contributed by atoms with E-state index in [0.717, 1.165) is 24.2 Å². The van der Waals surface area contributed by atoms with Crippen molar-refractivity contribution in [1.82, 2.24) is 0 Å². The minimum Gasteiger partial charge on any atom is -0.492 e. The van der Waals surface area contributed by atoms with Gasteiger partial charge >= 0.3 is 0 Å². The van der Waals surface area contributed by atoms with E-state index in [1.807, 2.05) is 25.1 Å². The lowest BCUT2D eigenvalue weighted by molar-refractivity contribution is 0.111. The average Bonchev–Trinajstić information content (AvgIpc) is 2.38. The smallest absolute Gasteiger partial charge is 0.153 e. The fraction of sp³-hybridized carbons (Fsp3) is 0.533. The van der Waals surface area contributed by atoms with E-state index < -0.39 is 0 Å². The van der Waals surface area contributed by atoms with Crippen molar-refractivity contribution in [3.05, 3.63) is 29.3 Å². The van der Waals surface area contributed by atoms with E-state index >= 15 is 0 Å². The Balaban J connectivity index is 2.00. The van der Waals surface area contributed by atoms with Gasteiger partial charge in [0, 0.05) is 0 Å². The molecule has 0 radical (unpaired) electrons. The number of aldehydes is 1. The summed E-state index contributed by atoms with van der Waals surface area (Å²) in [6, 6.07) is 5.70. The second-order valence-corrected chi connectivity index (χ2v) is 4.93. The molecule has 1 saturated carbocycles. The van der Waals surface area contributed by atoms with Crippen LogP contribution in [0.4, 0.5) is 0 Å². The molecule has 92 valence electrons. The second-order valence-electron chi connectivity index (χ2n) is 4.93. The summed E-state index contributed by atoms with van der Waals surface area (Å²) in [4.78, 5) is 11.0. The van der Waals surface area contributed by atoms with Crippen molar-refractivity contribution < 1.29 is 9.53 Å². The zero-order valence-corrected chi connectivity index (χ0v) is 10.4. The molecule has 1 aromatic carbocycles. The fourth-order valence-electron chi connectivity index (χ4n) is 2.52. The third-order valence-electron chi connectivity index (χ3n) is 3.56. The molecule has 1 aliphatic carbocycles. The maximum Gasteiger partial charge on any atom is 0.153 e. The minimum atomic E-state index is 0.667. The lowest BCUT2D eigenvalue weighted by Gasteiger charge is -2.22. The van der Waals surface area contributed by atoms with Gasteiger partial charge in [0.25, 0.3) is 0 Å². The molecule has 0 saturated heterocycles. The highest BCUT2D eigenvalue weighted by atomic mass is 16.5. The van der Waals surface area contributed by atoms with E-state index in [2.05, 4.69) is 0 Å². The Morgan fingerprint density at radius 3 is 2.76 bits per heavy atom. The van der Waals surface area contributed by atoms with Gasteiger partial charge in [-0.25, -0.2) is 0 Å². The Morgan fingerprint density at radius 1 is 1.29 bits per heavy atom. The lowest BCUT2D eigenvalue weighted by atomic mass is 9.90. The van der Waals surface area contributed by atoms with Crippen LogP contribution >= 0.6 is 0 Å². The predicted molar refractivity (Wildman–Crippen MR) is 68.6 cm³/mol. The van der Waals surface area contributed by atoms with Gasteiger partial charge in [0.15, 0.2) is 6.29 Å². The standard InChI is InChI=1S/C15H20O2/c1-12-6-5-9-14(10-16)15(12)17-11-13-7-3-2-4-8-13/h5-6,9-10,13H,2-4,7-8,11H2,1H3. The van der Waals surface area contributed by atoms with Crippen molar-refractivity contribution >= 4 is 6.29 Å². The topological polar surface area (TPSA) is 26.3 Å². The highest BCUT2D eigenvalue weighted by molar-refractivity contribution is 5.80. The van der Waals surface area contributed by atoms with Crippen LogP contribution in [0.25, 0.3) is 0 Å². The summed E-state index contributed by atoms with van der Waals surface area (Å²) in [6.07, 6.45) is 7.42. The summed E-state index contributed by atoms with van der Waals surface area (Å²) in [5.74, 6) is 1.44. The molecule has 1 aliphatic rings. The summed E-state index contributed by atoms with van der Waals surface area (Å²) < 4.78 is 5.87. The molecular formula is C15H20O2. The third-order valence-corrected chi connectivity index (χ3v) is 3.56. The van der Waals surface area contributed by atoms with Crippen LogP contribution in [0.15, 0.2) is 18.2 Å². The van der Waals surface area contributed by atoms with E-state index in [4.69, 9.17) is 4.74 Å². The van der Waals surface area contributed by atoms with Crippen LogP contribution < -0.4 is 4.74 Å². The monoisotopic (exact) mass is 232 g/mol. The summed E-state index contributed by atoms with van der Waals surface area (Å²) in [6.45, 7) is 2.74. The van der Waals surface area contributed by atoms with Crippen LogP contribution in [0, 0.1) is 12.8 Å². The van der Waals surface area contributed by atoms with Crippen molar-refractivity contribution in [2.24, 2.45) is 5.92 Å². The van der Waals surface area contributed by atoms with Gasteiger partial charge < -0.3 is 4.74 Å². The first kappa shape index (κ1) is 12.2. The molecule has 0 amide bonds. The maximum atomic E-state index is 11.0. The van der Waals surface area contributed by atoms with Crippen molar-refractivity contribution in [1.29, 1.82) is 0 Å². The number of carbonyl (C=O) groups excluding carboxylic acids is 1. The number of rotatable bonds is 4. The Morgan fingerprint density at radius 2 is 2.06 bits per heavy atom. The number of hydrogen-bond acceptors (Lipinski definition) is 2. The number of aryl methyl sites for hydroxylation is 1. The van der Waals surface area contributed by atoms with Gasteiger partial charge in [-0.15, -0.1) is 0 Å². The molecule has 0 spiro atoms. The first-order chi connectivity index (χ1) is 8.31. The number of para-hydroxylation sites is 1. The molecule has 2 rings (SSSR count). The van der Waals surface area contributed by atoms with Gasteiger partial charge in [-0.05, 0) is 37.3 Å². The Kier molecular flexibility index (Phi) is 4.18. The van der Waals surface area contributed by atoms with Crippen LogP contribution in [0.1, 0.15) is 48.0 Å². The summed E-state index contributed by atoms with van der Waals surface area (Å²) >= 11 is 0. The molecule has 17 heavy (non-hydrogen) atoms. The number of carbonyl (C=O) groups is 1. The molecule has 1 aromatic rings. The Hall–Kier alpha value is -1.31. The number of hydrogen-bond donors (Lipinski definition) is 0. The summed E-state index contributed by atoms with van der Waals surface area (Å²) in [5, 5.41) is 0. The average molecular weight is 232 g/mol. The van der Waals surface area contributed by atoms with Gasteiger partial charge in [-0.2, -0.15) is 0 Å². The second kappa shape index (κ2) is 5.85. The summed E-state index contributed by atoms with van der Waals surface area (Å²) in [7, 11) is 0. The van der Waals surface area contributed by atoms with Crippen molar-refractivity contribution in [3.8, 4) is 5.75 Å². The third kappa shape index (κ3) is 3.09. The SMILES string of the molecule is Cc1cccc(C=O)c1OCC1CCCCC1. The normalized spacial score (nSPS) is 16.8. The zero-order valence-electron chi connectivity index (χ0n) is 10.4. The van der Waals surface area contributed by atoms with Gasteiger partial charge in [-0.3, -0.25) is 4.79 Å². The molecule has 0 bridgehead atoms. The van der Waals surface area contributed by atoms with Gasteiger partial charge in [-0.1, -0.05) is 31.4 Å². The van der Waals surface area contributed by atoms with Crippen LogP contribution in [-0.4, -0.2) is 12.9 Å². The number of ether oxygens (including phenoxy) is 1. The van der Waals surface area contributed by atoms with Gasteiger partial charge in [0.2, 0.25) is 0 Å². The molecule has 0 atom stereocenters. The molecule has 2 heteroatoms. The van der Waals surface area contributed by atoms with Crippen LogP contribution in [-0.2, 0) is 0 Å². The summed E-state index contributed by atoms with van der Waals surface area (Å²) in [5.41, 5.74) is 1.71. The largest absolute Gasteiger partial charge is 0.492 e. The highest BCUT2D eigenvalue weighted by Crippen LogP contribution is 2.27. The molecule has 0 unspecified atom stereocenters. The Bertz CT molecular complexity index is 379. The minimum absolute atomic E-state index is 0.667. The molecular weight excluding hydrogens is 212 g/mol. The molecule has 0 aromatic heterocycles. The van der Waals surface area contributed by atoms with Gasteiger partial charge in [0.1, 0.15) is 5.75 Å². The zero-order chi connectivity index (χ0) is 12.1. The van der Waals surface area contributed by atoms with Crippen molar-refractivity contribution in [2.45, 2.75) is 39.0 Å². The first-order valence-corrected chi connectivity index (χ1v) is 6.49. The van der Waals surface area contributed by atoms with Gasteiger partial charge in [0.05, 0.1) is 12.2 Å². The molecule has 2 nitrogen and oxygen atoms in total. The van der Waals surface area contributed by atoms with Crippen molar-refractivity contribution in [2.75, 3.05) is 6.61 Å². The van der Waals surface area contributed by atoms with Crippen LogP contribution in [0.3, 0.4) is 0 Å².